The van der Waals surface area contributed by atoms with Gasteiger partial charge in [0.15, 0.2) is 11.2 Å². The molecule has 0 radical (unpaired) electrons. The summed E-state index contributed by atoms with van der Waals surface area (Å²) in [5.41, 5.74) is 14.3. The highest BCUT2D eigenvalue weighted by molar-refractivity contribution is 6.13. The second-order valence-corrected chi connectivity index (χ2v) is 14.5. The summed E-state index contributed by atoms with van der Waals surface area (Å²) in [6.45, 7) is 0. The maximum Gasteiger partial charge on any atom is 0.159 e. The average Bonchev–Trinajstić information content (AvgIpc) is 3.88. The van der Waals surface area contributed by atoms with Crippen LogP contribution in [0.3, 0.4) is 0 Å². The van der Waals surface area contributed by atoms with Crippen molar-refractivity contribution in [2.75, 3.05) is 9.80 Å². The van der Waals surface area contributed by atoms with Crippen molar-refractivity contribution in [3.8, 4) is 22.3 Å². The van der Waals surface area contributed by atoms with Crippen LogP contribution in [0.2, 0.25) is 0 Å². The molecule has 0 spiro atoms. The van der Waals surface area contributed by atoms with Gasteiger partial charge in [0.1, 0.15) is 11.2 Å². The largest absolute Gasteiger partial charge is 0.454 e. The monoisotopic (exact) mass is 744 g/mol. The Hall–Kier alpha value is -7.82. The highest BCUT2D eigenvalue weighted by Gasteiger charge is 2.23. The van der Waals surface area contributed by atoms with Gasteiger partial charge in [0.2, 0.25) is 0 Å². The van der Waals surface area contributed by atoms with Crippen LogP contribution in [0.15, 0.2) is 227 Å². The van der Waals surface area contributed by atoms with E-state index in [1.807, 2.05) is 24.3 Å². The number of rotatable bonds is 8. The van der Waals surface area contributed by atoms with E-state index in [9.17, 15) is 0 Å². The fourth-order valence-electron chi connectivity index (χ4n) is 8.29. The SMILES string of the molecule is c1ccc(N(c2ccccc2)c2ccc(-c3ccc(-c4ccc(N(c5cccc6c5oc5ccccc56)c5cccc6c5oc5ccccc56)cc4)cc3)cc2)cc1. The second-order valence-electron chi connectivity index (χ2n) is 14.5. The topological polar surface area (TPSA) is 32.8 Å². The van der Waals surface area contributed by atoms with Crippen molar-refractivity contribution >= 4 is 78.0 Å². The van der Waals surface area contributed by atoms with Crippen LogP contribution in [-0.4, -0.2) is 0 Å². The van der Waals surface area contributed by atoms with Gasteiger partial charge < -0.3 is 18.6 Å². The van der Waals surface area contributed by atoms with Crippen LogP contribution >= 0.6 is 0 Å². The quantitative estimate of drug-likeness (QED) is 0.155. The van der Waals surface area contributed by atoms with Crippen LogP contribution in [0, 0.1) is 0 Å². The standard InChI is InChI=1S/C54H36N2O2/c1-3-13-41(14-4-1)55(42-15-5-2-6-16-42)43-33-29-39(30-34-43)37-25-27-38(28-26-37)40-31-35-44(36-32-40)56(49-21-11-19-47-45-17-7-9-23-51(45)57-53(47)49)50-22-12-20-48-46-18-8-10-24-52(46)58-54(48)50/h1-36H. The van der Waals surface area contributed by atoms with E-state index in [2.05, 4.69) is 204 Å². The number of hydrogen-bond donors (Lipinski definition) is 0. The van der Waals surface area contributed by atoms with E-state index in [4.69, 9.17) is 8.83 Å². The third-order valence-electron chi connectivity index (χ3n) is 11.1. The van der Waals surface area contributed by atoms with Crippen LogP contribution in [0.25, 0.3) is 66.1 Å². The molecule has 0 atom stereocenters. The van der Waals surface area contributed by atoms with Gasteiger partial charge in [0, 0.05) is 44.3 Å². The van der Waals surface area contributed by atoms with Gasteiger partial charge in [-0.2, -0.15) is 0 Å². The van der Waals surface area contributed by atoms with Gasteiger partial charge in [-0.25, -0.2) is 0 Å². The Morgan fingerprint density at radius 3 is 1.00 bits per heavy atom. The third kappa shape index (κ3) is 5.78. The Morgan fingerprint density at radius 2 is 0.569 bits per heavy atom. The molecule has 11 rings (SSSR count). The molecule has 2 heterocycles. The van der Waals surface area contributed by atoms with Crippen LogP contribution in [-0.2, 0) is 0 Å². The van der Waals surface area contributed by atoms with Crippen molar-refractivity contribution < 1.29 is 8.83 Å². The summed E-state index contributed by atoms with van der Waals surface area (Å²) in [6, 6.07) is 76.6. The lowest BCUT2D eigenvalue weighted by Crippen LogP contribution is -2.10. The van der Waals surface area contributed by atoms with E-state index >= 15 is 0 Å². The van der Waals surface area contributed by atoms with Gasteiger partial charge in [-0.3, -0.25) is 0 Å². The molecule has 4 nitrogen and oxygen atoms in total. The van der Waals surface area contributed by atoms with E-state index in [-0.39, 0.29) is 0 Å². The number of benzene rings is 9. The van der Waals surface area contributed by atoms with Crippen LogP contribution in [0.4, 0.5) is 34.1 Å². The molecule has 11 aromatic rings. The molecule has 0 amide bonds. The molecule has 58 heavy (non-hydrogen) atoms. The molecule has 4 heteroatoms. The zero-order valence-corrected chi connectivity index (χ0v) is 31.5. The molecule has 0 aliphatic carbocycles. The number of hydrogen-bond acceptors (Lipinski definition) is 4. The lowest BCUT2D eigenvalue weighted by molar-refractivity contribution is 0.666. The van der Waals surface area contributed by atoms with Gasteiger partial charge in [-0.1, -0.05) is 146 Å². The summed E-state index contributed by atoms with van der Waals surface area (Å²) in [5.74, 6) is 0. The van der Waals surface area contributed by atoms with Crippen LogP contribution in [0.1, 0.15) is 0 Å². The lowest BCUT2D eigenvalue weighted by atomic mass is 9.99. The first-order valence-electron chi connectivity index (χ1n) is 19.6. The van der Waals surface area contributed by atoms with Crippen molar-refractivity contribution in [2.24, 2.45) is 0 Å². The van der Waals surface area contributed by atoms with Crippen molar-refractivity contribution in [1.29, 1.82) is 0 Å². The Morgan fingerprint density at radius 1 is 0.241 bits per heavy atom. The van der Waals surface area contributed by atoms with Gasteiger partial charge in [0.05, 0.1) is 11.4 Å². The maximum absolute atomic E-state index is 6.60. The minimum absolute atomic E-state index is 0.831. The van der Waals surface area contributed by atoms with Crippen LogP contribution in [0.5, 0.6) is 0 Å². The van der Waals surface area contributed by atoms with E-state index in [1.165, 1.54) is 11.1 Å². The van der Waals surface area contributed by atoms with E-state index in [1.54, 1.807) is 0 Å². The minimum Gasteiger partial charge on any atom is -0.454 e. The van der Waals surface area contributed by atoms with E-state index < -0.39 is 0 Å². The zero-order valence-electron chi connectivity index (χ0n) is 31.5. The normalized spacial score (nSPS) is 11.4. The lowest BCUT2D eigenvalue weighted by Gasteiger charge is -2.26. The predicted octanol–water partition coefficient (Wildman–Crippen LogP) is 15.8. The molecule has 274 valence electrons. The minimum atomic E-state index is 0.831. The van der Waals surface area contributed by atoms with Gasteiger partial charge in [-0.15, -0.1) is 0 Å². The summed E-state index contributed by atoms with van der Waals surface area (Å²) in [7, 11) is 0. The van der Waals surface area contributed by atoms with Crippen molar-refractivity contribution in [3.63, 3.8) is 0 Å². The van der Waals surface area contributed by atoms with E-state index in [0.717, 1.165) is 89.1 Å². The van der Waals surface area contributed by atoms with Crippen molar-refractivity contribution in [2.45, 2.75) is 0 Å². The first-order chi connectivity index (χ1) is 28.8. The fourth-order valence-corrected chi connectivity index (χ4v) is 8.29. The van der Waals surface area contributed by atoms with Crippen LogP contribution < -0.4 is 9.80 Å². The number of fused-ring (bicyclic) bond motifs is 6. The number of furan rings is 2. The first kappa shape index (κ1) is 33.5. The van der Waals surface area contributed by atoms with E-state index in [0.29, 0.717) is 0 Å². The Labute approximate surface area is 336 Å². The molecule has 0 aliphatic heterocycles. The van der Waals surface area contributed by atoms with Gasteiger partial charge in [0.25, 0.3) is 0 Å². The molecule has 0 unspecified atom stereocenters. The predicted molar refractivity (Wildman–Crippen MR) is 241 cm³/mol. The molecule has 2 aromatic heterocycles. The molecule has 9 aromatic carbocycles. The molecule has 0 aliphatic rings. The second kappa shape index (κ2) is 14.0. The Kier molecular flexibility index (Phi) is 8.11. The summed E-state index contributed by atoms with van der Waals surface area (Å²) in [5, 5.41) is 4.34. The highest BCUT2D eigenvalue weighted by Crippen LogP contribution is 2.46. The maximum atomic E-state index is 6.60. The first-order valence-corrected chi connectivity index (χ1v) is 19.6. The molecule has 0 N–H and O–H groups in total. The summed E-state index contributed by atoms with van der Waals surface area (Å²) < 4.78 is 13.2. The summed E-state index contributed by atoms with van der Waals surface area (Å²) in [4.78, 5) is 4.55. The smallest absolute Gasteiger partial charge is 0.159 e. The molecule has 0 fully saturated rings. The van der Waals surface area contributed by atoms with Crippen molar-refractivity contribution in [3.05, 3.63) is 218 Å². The summed E-state index contributed by atoms with van der Waals surface area (Å²) in [6.07, 6.45) is 0. The molecule has 0 saturated carbocycles. The number of anilines is 6. The number of para-hydroxylation sites is 6. The molecule has 0 bridgehead atoms. The highest BCUT2D eigenvalue weighted by atomic mass is 16.3. The molecular weight excluding hydrogens is 709 g/mol. The third-order valence-corrected chi connectivity index (χ3v) is 11.1. The summed E-state index contributed by atoms with van der Waals surface area (Å²) >= 11 is 0. The van der Waals surface area contributed by atoms with Gasteiger partial charge >= 0.3 is 0 Å². The molecular formula is C54H36N2O2. The Bertz CT molecular complexity index is 3050. The number of nitrogens with zero attached hydrogens (tertiary/aromatic N) is 2. The fraction of sp³-hybridized carbons (Fsp3) is 0. The van der Waals surface area contributed by atoms with Gasteiger partial charge in [-0.05, 0) is 95.1 Å². The average molecular weight is 745 g/mol. The molecule has 0 saturated heterocycles. The van der Waals surface area contributed by atoms with Crippen molar-refractivity contribution in [1.82, 2.24) is 0 Å². The Balaban J connectivity index is 0.942. The zero-order chi connectivity index (χ0) is 38.4.